The highest BCUT2D eigenvalue weighted by Gasteiger charge is 2.31. The minimum Gasteiger partial charge on any atom is -0.511 e. The Balaban J connectivity index is 3.03. The average molecular weight is 360 g/mol. The fourth-order valence-corrected chi connectivity index (χ4v) is 2.35. The lowest BCUT2D eigenvalue weighted by Gasteiger charge is -2.16. The second-order valence-electron chi connectivity index (χ2n) is 7.19. The molecule has 1 unspecified atom stereocenters. The van der Waals surface area contributed by atoms with Crippen LogP contribution in [0.1, 0.15) is 57.8 Å². The molecular weight excluding hydrogens is 332 g/mol. The summed E-state index contributed by atoms with van der Waals surface area (Å²) in [5.74, 6) is -3.28. The van der Waals surface area contributed by atoms with Crippen molar-refractivity contribution >= 4 is 17.7 Å². The molecule has 1 aromatic rings. The van der Waals surface area contributed by atoms with E-state index in [1.165, 1.54) is 12.1 Å². The van der Waals surface area contributed by atoms with Crippen molar-refractivity contribution in [2.24, 2.45) is 17.8 Å². The van der Waals surface area contributed by atoms with Gasteiger partial charge in [-0.05, 0) is 24.5 Å². The highest BCUT2D eigenvalue weighted by atomic mass is 16.6. The Labute approximate surface area is 155 Å². The molecule has 0 saturated carbocycles. The molecule has 1 atom stereocenters. The maximum Gasteiger partial charge on any atom is 0.353 e. The molecule has 0 aromatic heterocycles. The Morgan fingerprint density at radius 2 is 1.54 bits per heavy atom. The van der Waals surface area contributed by atoms with Gasteiger partial charge >= 0.3 is 11.9 Å². The number of Topliss-reactive ketones (excluding diaryl/α,β-unsaturated/α-hetero) is 1. The third-order valence-electron chi connectivity index (χ3n) is 4.07. The Morgan fingerprint density at radius 1 is 0.962 bits per heavy atom. The summed E-state index contributed by atoms with van der Waals surface area (Å²) in [6, 6.07) is 8.03. The molecule has 5 nitrogen and oxygen atoms in total. The topological polar surface area (TPSA) is 80.7 Å². The van der Waals surface area contributed by atoms with Crippen LogP contribution in [0.2, 0.25) is 0 Å². The zero-order chi connectivity index (χ0) is 19.9. The fourth-order valence-electron chi connectivity index (χ4n) is 2.35. The maximum atomic E-state index is 12.7. The number of aliphatic hydroxyl groups is 1. The Kier molecular flexibility index (Phi) is 8.23. The number of ether oxygens (including phenoxy) is 1. The third-order valence-corrected chi connectivity index (χ3v) is 4.07. The highest BCUT2D eigenvalue weighted by Crippen LogP contribution is 2.22. The first-order valence-electron chi connectivity index (χ1n) is 8.94. The lowest BCUT2D eigenvalue weighted by molar-refractivity contribution is -0.136. The number of carbonyl (C=O) groups is 3. The van der Waals surface area contributed by atoms with Crippen LogP contribution in [0.5, 0.6) is 0 Å². The van der Waals surface area contributed by atoms with Crippen molar-refractivity contribution in [2.45, 2.75) is 47.5 Å². The minimum atomic E-state index is -1.11. The van der Waals surface area contributed by atoms with Gasteiger partial charge in [-0.3, -0.25) is 4.79 Å². The van der Waals surface area contributed by atoms with Crippen molar-refractivity contribution < 1.29 is 24.2 Å². The van der Waals surface area contributed by atoms with E-state index in [1.807, 2.05) is 13.8 Å². The van der Waals surface area contributed by atoms with Gasteiger partial charge < -0.3 is 9.84 Å². The first-order valence-corrected chi connectivity index (χ1v) is 8.94. The number of ketones is 1. The van der Waals surface area contributed by atoms with E-state index in [4.69, 9.17) is 4.74 Å². The summed E-state index contributed by atoms with van der Waals surface area (Å²) in [6.45, 7) is 9.13. The molecule has 1 rings (SSSR count). The number of esters is 2. The zero-order valence-electron chi connectivity index (χ0n) is 16.1. The van der Waals surface area contributed by atoms with Gasteiger partial charge in [-0.15, -0.1) is 0 Å². The first-order chi connectivity index (χ1) is 12.1. The van der Waals surface area contributed by atoms with Gasteiger partial charge in [0.05, 0.1) is 5.56 Å². The molecule has 0 spiro atoms. The van der Waals surface area contributed by atoms with Gasteiger partial charge in [0.2, 0.25) is 0 Å². The first kappa shape index (κ1) is 21.6. The summed E-state index contributed by atoms with van der Waals surface area (Å²) in [5, 5.41) is 10.3. The molecule has 0 saturated heterocycles. The second-order valence-corrected chi connectivity index (χ2v) is 7.19. The number of hydrogen-bond donors (Lipinski definition) is 1. The number of aliphatic hydroxyl groups excluding tert-OH is 1. The van der Waals surface area contributed by atoms with Gasteiger partial charge in [0.1, 0.15) is 11.3 Å². The maximum absolute atomic E-state index is 12.7. The molecular formula is C21H28O5. The van der Waals surface area contributed by atoms with E-state index in [0.29, 0.717) is 12.3 Å². The van der Waals surface area contributed by atoms with Crippen molar-refractivity contribution in [3.8, 4) is 0 Å². The number of rotatable bonds is 8. The molecule has 1 N–H and O–H groups in total. The van der Waals surface area contributed by atoms with Crippen molar-refractivity contribution in [2.75, 3.05) is 0 Å². The van der Waals surface area contributed by atoms with Crippen molar-refractivity contribution in [1.29, 1.82) is 0 Å². The monoisotopic (exact) mass is 360 g/mol. The Hall–Kier alpha value is -2.43. The summed E-state index contributed by atoms with van der Waals surface area (Å²) in [7, 11) is 0. The molecule has 1 aromatic carbocycles. The van der Waals surface area contributed by atoms with Crippen LogP contribution in [0.25, 0.3) is 0 Å². The van der Waals surface area contributed by atoms with Crippen molar-refractivity contribution in [3.63, 3.8) is 0 Å². The summed E-state index contributed by atoms with van der Waals surface area (Å²) < 4.78 is 4.85. The fraction of sp³-hybridized carbons (Fsp3) is 0.476. The quantitative estimate of drug-likeness (QED) is 0.243. The molecule has 0 bridgehead atoms. The molecule has 0 aliphatic carbocycles. The SMILES string of the molecule is CC(C)CCC(C)C(=O)C(C(=O)OC(=O)c1ccccc1)=C(O)C(C)C. The molecule has 0 heterocycles. The van der Waals surface area contributed by atoms with Gasteiger partial charge in [0, 0.05) is 11.8 Å². The molecule has 0 aliphatic heterocycles. The summed E-state index contributed by atoms with van der Waals surface area (Å²) in [6.07, 6.45) is 1.41. The number of benzene rings is 1. The second kappa shape index (κ2) is 9.90. The van der Waals surface area contributed by atoms with Gasteiger partial charge in [0.15, 0.2) is 5.78 Å². The standard InChI is InChI=1S/C21H28O5/c1-13(2)11-12-15(5)19(23)17(18(22)14(3)4)21(25)26-20(24)16-9-7-6-8-10-16/h6-10,13-15,22H,11-12H2,1-5H3. The van der Waals surface area contributed by atoms with Crippen LogP contribution in [0.15, 0.2) is 41.7 Å². The molecule has 0 fully saturated rings. The van der Waals surface area contributed by atoms with E-state index < -0.39 is 35.1 Å². The van der Waals surface area contributed by atoms with Crippen molar-refractivity contribution in [3.05, 3.63) is 47.2 Å². The highest BCUT2D eigenvalue weighted by molar-refractivity contribution is 6.20. The molecule has 5 heteroatoms. The predicted octanol–water partition coefficient (Wildman–Crippen LogP) is 4.48. The van der Waals surface area contributed by atoms with E-state index in [2.05, 4.69) is 0 Å². The van der Waals surface area contributed by atoms with Crippen LogP contribution >= 0.6 is 0 Å². The van der Waals surface area contributed by atoms with E-state index >= 15 is 0 Å². The van der Waals surface area contributed by atoms with Gasteiger partial charge in [-0.1, -0.05) is 59.2 Å². The van der Waals surface area contributed by atoms with Crippen LogP contribution < -0.4 is 0 Å². The Bertz CT molecular complexity index is 671. The van der Waals surface area contributed by atoms with Gasteiger partial charge in [-0.2, -0.15) is 0 Å². The summed E-state index contributed by atoms with van der Waals surface area (Å²) in [4.78, 5) is 37.3. The normalized spacial score (nSPS) is 13.3. The van der Waals surface area contributed by atoms with Crippen LogP contribution in [-0.2, 0) is 14.3 Å². The van der Waals surface area contributed by atoms with E-state index in [0.717, 1.165) is 6.42 Å². The van der Waals surface area contributed by atoms with Gasteiger partial charge in [0.25, 0.3) is 0 Å². The minimum absolute atomic E-state index is 0.199. The molecule has 26 heavy (non-hydrogen) atoms. The van der Waals surface area contributed by atoms with Crippen molar-refractivity contribution in [1.82, 2.24) is 0 Å². The third kappa shape index (κ3) is 6.14. The average Bonchev–Trinajstić information content (AvgIpc) is 2.60. The summed E-state index contributed by atoms with van der Waals surface area (Å²) in [5.41, 5.74) is -0.231. The van der Waals surface area contributed by atoms with Crippen LogP contribution in [0.4, 0.5) is 0 Å². The van der Waals surface area contributed by atoms with E-state index in [1.54, 1.807) is 39.0 Å². The van der Waals surface area contributed by atoms with E-state index in [9.17, 15) is 19.5 Å². The van der Waals surface area contributed by atoms with Crippen LogP contribution in [0.3, 0.4) is 0 Å². The smallest absolute Gasteiger partial charge is 0.353 e. The molecule has 0 radical (unpaired) electrons. The lowest BCUT2D eigenvalue weighted by atomic mass is 9.90. The predicted molar refractivity (Wildman–Crippen MR) is 99.6 cm³/mol. The van der Waals surface area contributed by atoms with Crippen LogP contribution in [0, 0.1) is 17.8 Å². The zero-order valence-corrected chi connectivity index (χ0v) is 16.1. The van der Waals surface area contributed by atoms with Gasteiger partial charge in [-0.25, -0.2) is 9.59 Å². The lowest BCUT2D eigenvalue weighted by Crippen LogP contribution is -2.26. The summed E-state index contributed by atoms with van der Waals surface area (Å²) >= 11 is 0. The Morgan fingerprint density at radius 3 is 2.04 bits per heavy atom. The molecule has 142 valence electrons. The number of hydrogen-bond acceptors (Lipinski definition) is 5. The molecule has 0 amide bonds. The molecule has 0 aliphatic rings. The number of carbonyl (C=O) groups excluding carboxylic acids is 3. The van der Waals surface area contributed by atoms with E-state index in [-0.39, 0.29) is 11.3 Å². The largest absolute Gasteiger partial charge is 0.511 e. The van der Waals surface area contributed by atoms with Crippen LogP contribution in [-0.4, -0.2) is 22.8 Å². The number of allylic oxidation sites excluding steroid dienone is 1.